The zero-order valence-corrected chi connectivity index (χ0v) is 22.2. The number of likely N-dealkylation sites (tertiary alicyclic amines) is 1. The summed E-state index contributed by atoms with van der Waals surface area (Å²) in [6.45, 7) is 9.22. The SMILES string of the molecule is CCNC(=NCCCN1CCCCC1C)NCCc1ccc(OC)c(OC)c1OC.I. The van der Waals surface area contributed by atoms with E-state index in [0.29, 0.717) is 17.5 Å². The molecule has 31 heavy (non-hydrogen) atoms. The van der Waals surface area contributed by atoms with Crippen molar-refractivity contribution in [3.63, 3.8) is 0 Å². The Labute approximate surface area is 205 Å². The van der Waals surface area contributed by atoms with Gasteiger partial charge in [0.25, 0.3) is 0 Å². The van der Waals surface area contributed by atoms with Crippen molar-refractivity contribution in [3.05, 3.63) is 17.7 Å². The van der Waals surface area contributed by atoms with Crippen LogP contribution >= 0.6 is 24.0 Å². The van der Waals surface area contributed by atoms with Gasteiger partial charge in [-0.1, -0.05) is 12.5 Å². The molecule has 1 saturated heterocycles. The molecule has 0 radical (unpaired) electrons. The maximum atomic E-state index is 5.58. The summed E-state index contributed by atoms with van der Waals surface area (Å²) in [5.41, 5.74) is 1.07. The lowest BCUT2D eigenvalue weighted by atomic mass is 10.0. The van der Waals surface area contributed by atoms with Crippen molar-refractivity contribution in [2.75, 3.05) is 54.1 Å². The minimum atomic E-state index is 0. The van der Waals surface area contributed by atoms with E-state index in [1.54, 1.807) is 21.3 Å². The fraction of sp³-hybridized carbons (Fsp3) is 0.696. The van der Waals surface area contributed by atoms with E-state index in [1.165, 1.54) is 25.8 Å². The molecule has 0 aromatic heterocycles. The fourth-order valence-corrected chi connectivity index (χ4v) is 3.97. The number of hydrogen-bond donors (Lipinski definition) is 2. The highest BCUT2D eigenvalue weighted by Gasteiger charge is 2.17. The van der Waals surface area contributed by atoms with Gasteiger partial charge in [-0.05, 0) is 52.1 Å². The second-order valence-corrected chi connectivity index (χ2v) is 7.67. The number of nitrogens with zero attached hydrogens (tertiary/aromatic N) is 2. The summed E-state index contributed by atoms with van der Waals surface area (Å²) in [4.78, 5) is 7.35. The van der Waals surface area contributed by atoms with Crippen LogP contribution in [0, 0.1) is 0 Å². The summed E-state index contributed by atoms with van der Waals surface area (Å²) in [7, 11) is 4.91. The van der Waals surface area contributed by atoms with E-state index >= 15 is 0 Å². The van der Waals surface area contributed by atoms with Crippen molar-refractivity contribution in [1.82, 2.24) is 15.5 Å². The van der Waals surface area contributed by atoms with E-state index < -0.39 is 0 Å². The van der Waals surface area contributed by atoms with E-state index in [0.717, 1.165) is 56.3 Å². The molecule has 1 atom stereocenters. The summed E-state index contributed by atoms with van der Waals surface area (Å²) in [6, 6.07) is 4.65. The van der Waals surface area contributed by atoms with Crippen molar-refractivity contribution < 1.29 is 14.2 Å². The maximum absolute atomic E-state index is 5.58. The second-order valence-electron chi connectivity index (χ2n) is 7.67. The fourth-order valence-electron chi connectivity index (χ4n) is 3.97. The van der Waals surface area contributed by atoms with Crippen LogP contribution in [0.15, 0.2) is 17.1 Å². The summed E-state index contributed by atoms with van der Waals surface area (Å²) >= 11 is 0. The Morgan fingerprint density at radius 1 is 1.10 bits per heavy atom. The van der Waals surface area contributed by atoms with Crippen LogP contribution < -0.4 is 24.8 Å². The predicted octanol–water partition coefficient (Wildman–Crippen LogP) is 3.69. The molecule has 7 nitrogen and oxygen atoms in total. The van der Waals surface area contributed by atoms with Crippen LogP contribution in [0.1, 0.15) is 45.1 Å². The predicted molar refractivity (Wildman–Crippen MR) is 139 cm³/mol. The van der Waals surface area contributed by atoms with Crippen LogP contribution in [0.25, 0.3) is 0 Å². The van der Waals surface area contributed by atoms with Crippen molar-refractivity contribution in [1.29, 1.82) is 0 Å². The molecule has 1 fully saturated rings. The van der Waals surface area contributed by atoms with Gasteiger partial charge in [0.1, 0.15) is 0 Å². The minimum Gasteiger partial charge on any atom is -0.493 e. The number of halogens is 1. The first kappa shape index (κ1) is 27.6. The average Bonchev–Trinajstić information content (AvgIpc) is 2.77. The Balaban J connectivity index is 0.00000480. The molecule has 2 rings (SSSR count). The standard InChI is InChI=1S/C23H40N4O3.HI/c1-6-24-23(25-14-9-17-27-16-8-7-10-18(27)2)26-15-13-19-11-12-20(28-3)22(30-5)21(19)29-4;/h11-12,18H,6-10,13-17H2,1-5H3,(H2,24,25,26);1H. The van der Waals surface area contributed by atoms with Crippen LogP contribution in [-0.2, 0) is 6.42 Å². The molecule has 2 N–H and O–H groups in total. The molecule has 1 aliphatic rings. The second kappa shape index (κ2) is 15.4. The largest absolute Gasteiger partial charge is 0.493 e. The monoisotopic (exact) mass is 548 g/mol. The van der Waals surface area contributed by atoms with E-state index in [4.69, 9.17) is 19.2 Å². The molecule has 0 amide bonds. The Bertz CT molecular complexity index is 672. The Morgan fingerprint density at radius 2 is 1.87 bits per heavy atom. The normalized spacial score (nSPS) is 16.9. The average molecular weight is 549 g/mol. The number of rotatable bonds is 11. The number of piperidine rings is 1. The number of methoxy groups -OCH3 is 3. The number of aliphatic imine (C=N–C) groups is 1. The van der Waals surface area contributed by atoms with Gasteiger partial charge in [0.2, 0.25) is 5.75 Å². The molecule has 1 aliphatic heterocycles. The lowest BCUT2D eigenvalue weighted by Crippen LogP contribution is -2.39. The summed E-state index contributed by atoms with van der Waals surface area (Å²) in [6.07, 6.45) is 5.91. The van der Waals surface area contributed by atoms with E-state index in [9.17, 15) is 0 Å². The third-order valence-electron chi connectivity index (χ3n) is 5.63. The number of benzene rings is 1. The van der Waals surface area contributed by atoms with Gasteiger partial charge in [0, 0.05) is 37.8 Å². The van der Waals surface area contributed by atoms with Crippen molar-refractivity contribution >= 4 is 29.9 Å². The molecule has 1 aromatic rings. The first-order valence-electron chi connectivity index (χ1n) is 11.2. The molecule has 0 aliphatic carbocycles. The van der Waals surface area contributed by atoms with Gasteiger partial charge in [0.15, 0.2) is 17.5 Å². The zero-order valence-electron chi connectivity index (χ0n) is 19.8. The van der Waals surface area contributed by atoms with Gasteiger partial charge in [0.05, 0.1) is 21.3 Å². The number of guanidine groups is 1. The van der Waals surface area contributed by atoms with Gasteiger partial charge in [-0.15, -0.1) is 24.0 Å². The van der Waals surface area contributed by atoms with Crippen molar-refractivity contribution in [2.24, 2.45) is 4.99 Å². The molecule has 1 heterocycles. The topological polar surface area (TPSA) is 67.4 Å². The molecular weight excluding hydrogens is 507 g/mol. The molecule has 0 saturated carbocycles. The smallest absolute Gasteiger partial charge is 0.203 e. The third-order valence-corrected chi connectivity index (χ3v) is 5.63. The van der Waals surface area contributed by atoms with Crippen LogP contribution in [0.2, 0.25) is 0 Å². The molecule has 0 spiro atoms. The zero-order chi connectivity index (χ0) is 21.8. The minimum absolute atomic E-state index is 0. The lowest BCUT2D eigenvalue weighted by Gasteiger charge is -2.33. The Morgan fingerprint density at radius 3 is 2.52 bits per heavy atom. The molecular formula is C23H41IN4O3. The summed E-state index contributed by atoms with van der Waals surface area (Å²) in [5.74, 6) is 2.88. The first-order chi connectivity index (χ1) is 14.6. The lowest BCUT2D eigenvalue weighted by molar-refractivity contribution is 0.160. The van der Waals surface area contributed by atoms with Gasteiger partial charge in [-0.2, -0.15) is 0 Å². The van der Waals surface area contributed by atoms with E-state index in [-0.39, 0.29) is 24.0 Å². The summed E-state index contributed by atoms with van der Waals surface area (Å²) < 4.78 is 16.4. The number of ether oxygens (including phenoxy) is 3. The molecule has 0 bridgehead atoms. The van der Waals surface area contributed by atoms with Gasteiger partial charge in [-0.3, -0.25) is 4.99 Å². The highest BCUT2D eigenvalue weighted by molar-refractivity contribution is 14.0. The first-order valence-corrected chi connectivity index (χ1v) is 11.2. The quantitative estimate of drug-likeness (QED) is 0.190. The van der Waals surface area contributed by atoms with Gasteiger partial charge >= 0.3 is 0 Å². The van der Waals surface area contributed by atoms with Gasteiger partial charge in [-0.25, -0.2) is 0 Å². The van der Waals surface area contributed by atoms with Crippen LogP contribution in [0.4, 0.5) is 0 Å². The molecule has 8 heteroatoms. The van der Waals surface area contributed by atoms with E-state index in [1.807, 2.05) is 12.1 Å². The highest BCUT2D eigenvalue weighted by Crippen LogP contribution is 2.39. The third kappa shape index (κ3) is 8.56. The van der Waals surface area contributed by atoms with Crippen LogP contribution in [0.3, 0.4) is 0 Å². The van der Waals surface area contributed by atoms with Crippen LogP contribution in [-0.4, -0.2) is 71.0 Å². The van der Waals surface area contributed by atoms with E-state index in [2.05, 4.69) is 29.4 Å². The number of nitrogens with one attached hydrogen (secondary N) is 2. The summed E-state index contributed by atoms with van der Waals surface area (Å²) in [5, 5.41) is 6.77. The Hall–Kier alpha value is -1.42. The van der Waals surface area contributed by atoms with Crippen molar-refractivity contribution in [2.45, 2.75) is 52.0 Å². The molecule has 1 aromatic carbocycles. The highest BCUT2D eigenvalue weighted by atomic mass is 127. The maximum Gasteiger partial charge on any atom is 0.203 e. The Kier molecular flexibility index (Phi) is 13.7. The molecule has 178 valence electrons. The van der Waals surface area contributed by atoms with Crippen LogP contribution in [0.5, 0.6) is 17.2 Å². The number of hydrogen-bond acceptors (Lipinski definition) is 5. The molecule has 1 unspecified atom stereocenters. The van der Waals surface area contributed by atoms with Gasteiger partial charge < -0.3 is 29.7 Å². The van der Waals surface area contributed by atoms with Crippen molar-refractivity contribution in [3.8, 4) is 17.2 Å².